The van der Waals surface area contributed by atoms with Crippen LogP contribution in [0.15, 0.2) is 59.6 Å². The van der Waals surface area contributed by atoms with Crippen LogP contribution in [0.5, 0.6) is 0 Å². The van der Waals surface area contributed by atoms with Gasteiger partial charge in [0, 0.05) is 45.2 Å². The lowest BCUT2D eigenvalue weighted by atomic mass is 10.1. The molecule has 0 fully saturated rings. The van der Waals surface area contributed by atoms with Crippen LogP contribution in [0.3, 0.4) is 0 Å². The van der Waals surface area contributed by atoms with E-state index in [2.05, 4.69) is 56.9 Å². The molecule has 0 aliphatic carbocycles. The van der Waals surface area contributed by atoms with Gasteiger partial charge in [0.05, 0.1) is 5.75 Å². The minimum Gasteiger partial charge on any atom is -0.364 e. The number of rotatable bonds is 7. The number of nitrogens with zero attached hydrogens (tertiary/aromatic N) is 2. The van der Waals surface area contributed by atoms with E-state index in [-0.39, 0.29) is 36.3 Å². The molecule has 3 rings (SSSR count). The lowest BCUT2D eigenvalue weighted by Crippen LogP contribution is -2.36. The predicted molar refractivity (Wildman–Crippen MR) is 135 cm³/mol. The van der Waals surface area contributed by atoms with E-state index in [1.807, 2.05) is 0 Å². The van der Waals surface area contributed by atoms with Gasteiger partial charge in [0.15, 0.2) is 15.8 Å². The van der Waals surface area contributed by atoms with E-state index < -0.39 is 15.7 Å². The van der Waals surface area contributed by atoms with Gasteiger partial charge in [-0.05, 0) is 41.0 Å². The first-order valence-corrected chi connectivity index (χ1v) is 11.8. The van der Waals surface area contributed by atoms with Crippen LogP contribution >= 0.6 is 24.0 Å². The molecule has 1 aliphatic heterocycles. The van der Waals surface area contributed by atoms with Crippen molar-refractivity contribution in [3.63, 3.8) is 0 Å². The van der Waals surface area contributed by atoms with Crippen molar-refractivity contribution in [1.82, 2.24) is 10.6 Å². The fraction of sp³-hybridized carbons (Fsp3) is 0.318. The van der Waals surface area contributed by atoms with Crippen molar-refractivity contribution in [2.75, 3.05) is 31.3 Å². The van der Waals surface area contributed by atoms with E-state index in [0.29, 0.717) is 23.6 Å². The van der Waals surface area contributed by atoms with Gasteiger partial charge in [-0.1, -0.05) is 30.4 Å². The normalized spacial score (nSPS) is 13.8. The molecule has 2 aromatic carbocycles. The number of nitrogens with one attached hydrogen (secondary N) is 2. The molecule has 0 saturated carbocycles. The van der Waals surface area contributed by atoms with Crippen LogP contribution in [0.2, 0.25) is 0 Å². The number of aliphatic imine (C=N–C) groups is 1. The number of sulfone groups is 1. The van der Waals surface area contributed by atoms with Crippen molar-refractivity contribution in [1.29, 1.82) is 0 Å². The highest BCUT2D eigenvalue weighted by Crippen LogP contribution is 2.18. The highest BCUT2D eigenvalue weighted by Gasteiger charge is 2.11. The second-order valence-corrected chi connectivity index (χ2v) is 9.45. The number of hydrogen-bond donors (Lipinski definition) is 2. The highest BCUT2D eigenvalue weighted by molar-refractivity contribution is 14.0. The van der Waals surface area contributed by atoms with E-state index in [1.54, 1.807) is 7.05 Å². The van der Waals surface area contributed by atoms with E-state index in [4.69, 9.17) is 0 Å². The van der Waals surface area contributed by atoms with Crippen molar-refractivity contribution < 1.29 is 12.8 Å². The van der Waals surface area contributed by atoms with Gasteiger partial charge in [-0.3, -0.25) is 4.99 Å². The largest absolute Gasteiger partial charge is 0.364 e. The average molecular weight is 558 g/mol. The first kappa shape index (κ1) is 25.1. The maximum absolute atomic E-state index is 13.7. The third-order valence-corrected chi connectivity index (χ3v) is 5.67. The summed E-state index contributed by atoms with van der Waals surface area (Å²) < 4.78 is 37.0. The van der Waals surface area contributed by atoms with Crippen LogP contribution < -0.4 is 15.5 Å². The molecule has 31 heavy (non-hydrogen) atoms. The van der Waals surface area contributed by atoms with E-state index in [1.165, 1.54) is 30.1 Å². The fourth-order valence-electron chi connectivity index (χ4n) is 3.28. The van der Waals surface area contributed by atoms with E-state index in [9.17, 15) is 12.8 Å². The number of benzene rings is 2. The maximum atomic E-state index is 13.7. The summed E-state index contributed by atoms with van der Waals surface area (Å²) in [7, 11) is -1.56. The molecule has 0 amide bonds. The molecule has 9 heteroatoms. The Morgan fingerprint density at radius 1 is 1.03 bits per heavy atom. The summed E-state index contributed by atoms with van der Waals surface area (Å²) in [5.74, 6) is 0.0209. The van der Waals surface area contributed by atoms with Crippen LogP contribution in [-0.2, 0) is 28.7 Å². The molecule has 0 unspecified atom stereocenters. The Bertz CT molecular complexity index is 1030. The average Bonchev–Trinajstić information content (AvgIpc) is 3.24. The smallest absolute Gasteiger partial charge is 0.191 e. The molecule has 2 aromatic rings. The fourth-order valence-corrected chi connectivity index (χ4v) is 4.13. The Morgan fingerprint density at radius 3 is 2.29 bits per heavy atom. The van der Waals surface area contributed by atoms with Gasteiger partial charge in [-0.15, -0.1) is 24.0 Å². The van der Waals surface area contributed by atoms with Gasteiger partial charge in [-0.2, -0.15) is 0 Å². The quantitative estimate of drug-likeness (QED) is 0.237. The molecule has 0 spiro atoms. The van der Waals surface area contributed by atoms with Crippen LogP contribution in [0.1, 0.15) is 16.7 Å². The van der Waals surface area contributed by atoms with Crippen LogP contribution in [0.4, 0.5) is 10.1 Å². The Labute approximate surface area is 200 Å². The lowest BCUT2D eigenvalue weighted by molar-refractivity contribution is 0.599. The molecule has 0 atom stereocenters. The third kappa shape index (κ3) is 7.80. The summed E-state index contributed by atoms with van der Waals surface area (Å²) in [5, 5.41) is 6.35. The standard InChI is InChI=1S/C22H27FN4O2S.HI/c1-24-22(25-14-17-5-9-21(10-6-17)27-11-3-4-12-27)26-15-19-13-20(23)8-7-18(19)16-30(2,28)29;/h3-10,13H,11-12,14-16H2,1-2H3,(H2,24,25,26);1H. The Morgan fingerprint density at radius 2 is 1.68 bits per heavy atom. The lowest BCUT2D eigenvalue weighted by Gasteiger charge is -2.18. The van der Waals surface area contributed by atoms with Crippen molar-refractivity contribution in [3.8, 4) is 0 Å². The maximum Gasteiger partial charge on any atom is 0.191 e. The van der Waals surface area contributed by atoms with Gasteiger partial charge < -0.3 is 15.5 Å². The molecule has 168 valence electrons. The number of guanidine groups is 1. The topological polar surface area (TPSA) is 73.8 Å². The number of halogens is 2. The van der Waals surface area contributed by atoms with Crippen molar-refractivity contribution in [2.45, 2.75) is 18.8 Å². The second kappa shape index (κ2) is 11.5. The van der Waals surface area contributed by atoms with Gasteiger partial charge in [0.1, 0.15) is 5.82 Å². The molecule has 1 aliphatic rings. The zero-order valence-corrected chi connectivity index (χ0v) is 20.8. The van der Waals surface area contributed by atoms with Gasteiger partial charge >= 0.3 is 0 Å². The minimum atomic E-state index is -3.22. The predicted octanol–water partition coefficient (Wildman–Crippen LogP) is 3.23. The van der Waals surface area contributed by atoms with Gasteiger partial charge in [-0.25, -0.2) is 12.8 Å². The van der Waals surface area contributed by atoms with Gasteiger partial charge in [0.25, 0.3) is 0 Å². The summed E-state index contributed by atoms with van der Waals surface area (Å²) >= 11 is 0. The van der Waals surface area contributed by atoms with Crippen LogP contribution in [0, 0.1) is 5.82 Å². The first-order valence-electron chi connectivity index (χ1n) is 9.72. The minimum absolute atomic E-state index is 0. The van der Waals surface area contributed by atoms with Crippen molar-refractivity contribution in [2.24, 2.45) is 4.99 Å². The zero-order valence-electron chi connectivity index (χ0n) is 17.6. The second-order valence-electron chi connectivity index (χ2n) is 7.31. The Hall–Kier alpha value is -2.14. The summed E-state index contributed by atoms with van der Waals surface area (Å²) in [6.07, 6.45) is 5.48. The van der Waals surface area contributed by atoms with E-state index in [0.717, 1.165) is 18.7 Å². The van der Waals surface area contributed by atoms with Crippen molar-refractivity contribution in [3.05, 3.63) is 77.1 Å². The molecule has 2 N–H and O–H groups in total. The summed E-state index contributed by atoms with van der Waals surface area (Å²) in [4.78, 5) is 6.47. The zero-order chi connectivity index (χ0) is 21.6. The molecule has 6 nitrogen and oxygen atoms in total. The van der Waals surface area contributed by atoms with Crippen LogP contribution in [0.25, 0.3) is 0 Å². The molecular formula is C22H28FIN4O2S. The summed E-state index contributed by atoms with van der Waals surface area (Å²) in [6.45, 7) is 2.73. The van der Waals surface area contributed by atoms with Crippen molar-refractivity contribution >= 4 is 45.5 Å². The van der Waals surface area contributed by atoms with E-state index >= 15 is 0 Å². The molecule has 0 saturated heterocycles. The third-order valence-electron chi connectivity index (χ3n) is 4.84. The summed E-state index contributed by atoms with van der Waals surface area (Å²) in [6, 6.07) is 12.5. The molecule has 0 aromatic heterocycles. The molecule has 0 radical (unpaired) electrons. The monoisotopic (exact) mass is 558 g/mol. The van der Waals surface area contributed by atoms with Gasteiger partial charge in [0.2, 0.25) is 0 Å². The highest BCUT2D eigenvalue weighted by atomic mass is 127. The number of hydrogen-bond acceptors (Lipinski definition) is 4. The Kier molecular flexibility index (Phi) is 9.30. The molecule has 0 bridgehead atoms. The molecular weight excluding hydrogens is 530 g/mol. The summed E-state index contributed by atoms with van der Waals surface area (Å²) in [5.41, 5.74) is 3.47. The molecule has 1 heterocycles. The number of anilines is 1. The SMILES string of the molecule is CN=C(NCc1ccc(N2CC=CC2)cc1)NCc1cc(F)ccc1CS(C)(=O)=O.I. The first-order chi connectivity index (χ1) is 14.3. The Balaban J connectivity index is 0.00000341. The van der Waals surface area contributed by atoms with Crippen LogP contribution in [-0.4, -0.2) is 40.8 Å².